The molecule has 4 rings (SSSR count). The van der Waals surface area contributed by atoms with Gasteiger partial charge in [0.1, 0.15) is 0 Å². The molecule has 2 N–H and O–H groups in total. The third kappa shape index (κ3) is 4.78. The summed E-state index contributed by atoms with van der Waals surface area (Å²) in [5, 5.41) is 22.0. The van der Waals surface area contributed by atoms with E-state index in [1.54, 1.807) is 17.0 Å². The van der Waals surface area contributed by atoms with Gasteiger partial charge in [-0.3, -0.25) is 10.3 Å². The van der Waals surface area contributed by atoms with Gasteiger partial charge in [0.05, 0.1) is 48.1 Å². The highest BCUT2D eigenvalue weighted by Gasteiger charge is 2.25. The van der Waals surface area contributed by atoms with Gasteiger partial charge in [-0.2, -0.15) is 5.26 Å². The normalized spacial score (nSPS) is 15.9. The highest BCUT2D eigenvalue weighted by molar-refractivity contribution is 7.19. The Morgan fingerprint density at radius 1 is 1.28 bits per heavy atom. The van der Waals surface area contributed by atoms with Crippen molar-refractivity contribution in [1.29, 1.82) is 5.26 Å². The van der Waals surface area contributed by atoms with Crippen molar-refractivity contribution in [1.82, 2.24) is 14.9 Å². The van der Waals surface area contributed by atoms with Gasteiger partial charge in [-0.05, 0) is 43.7 Å². The molecule has 9 heteroatoms. The Balaban J connectivity index is 1.70. The van der Waals surface area contributed by atoms with E-state index in [0.29, 0.717) is 36.1 Å². The van der Waals surface area contributed by atoms with Crippen molar-refractivity contribution in [2.45, 2.75) is 20.0 Å². The minimum absolute atomic E-state index is 0.134. The second-order valence-corrected chi connectivity index (χ2v) is 8.58. The molecular formula is C23H23N5O3S. The van der Waals surface area contributed by atoms with Gasteiger partial charge in [0.25, 0.3) is 0 Å². The summed E-state index contributed by atoms with van der Waals surface area (Å²) in [6, 6.07) is 13.1. The van der Waals surface area contributed by atoms with Crippen LogP contribution in [0.2, 0.25) is 0 Å². The number of benzene rings is 1. The molecule has 0 aliphatic carbocycles. The van der Waals surface area contributed by atoms with Crippen molar-refractivity contribution in [3.63, 3.8) is 0 Å². The van der Waals surface area contributed by atoms with Crippen LogP contribution in [0.5, 0.6) is 0 Å². The van der Waals surface area contributed by atoms with Crippen LogP contribution in [0.3, 0.4) is 0 Å². The van der Waals surface area contributed by atoms with E-state index in [4.69, 9.17) is 9.72 Å². The number of pyridine rings is 1. The Bertz CT molecular complexity index is 1170. The minimum atomic E-state index is -0.381. The average Bonchev–Trinajstić information content (AvgIpc) is 3.22. The van der Waals surface area contributed by atoms with Crippen molar-refractivity contribution >= 4 is 22.5 Å². The Hall–Kier alpha value is -3.32. The molecule has 32 heavy (non-hydrogen) atoms. The van der Waals surface area contributed by atoms with Gasteiger partial charge in [-0.15, -0.1) is 0 Å². The van der Waals surface area contributed by atoms with E-state index in [1.807, 2.05) is 38.1 Å². The summed E-state index contributed by atoms with van der Waals surface area (Å²) in [5.41, 5.74) is 4.77. The quantitative estimate of drug-likeness (QED) is 0.630. The maximum atomic E-state index is 12.8. The number of nitrogens with zero attached hydrogens (tertiary/aromatic N) is 4. The number of nitrogens with one attached hydrogen (secondary N) is 1. The van der Waals surface area contributed by atoms with Gasteiger partial charge in [-0.25, -0.2) is 9.78 Å². The van der Waals surface area contributed by atoms with Gasteiger partial charge in [0.15, 0.2) is 5.13 Å². The first-order chi connectivity index (χ1) is 15.5. The van der Waals surface area contributed by atoms with Gasteiger partial charge in [-0.1, -0.05) is 23.5 Å². The van der Waals surface area contributed by atoms with Crippen LogP contribution in [0.15, 0.2) is 36.4 Å². The topological polar surface area (TPSA) is 111 Å². The third-order valence-corrected chi connectivity index (χ3v) is 6.10. The molecule has 8 nitrogen and oxygen atoms in total. The van der Waals surface area contributed by atoms with Crippen LogP contribution in [-0.4, -0.2) is 58.4 Å². The highest BCUT2D eigenvalue weighted by Crippen LogP contribution is 2.39. The molecule has 0 unspecified atom stereocenters. The number of rotatable bonds is 4. The lowest BCUT2D eigenvalue weighted by Gasteiger charge is -2.31. The number of hydrogen-bond acceptors (Lipinski definition) is 7. The van der Waals surface area contributed by atoms with Crippen LogP contribution >= 0.6 is 11.3 Å². The van der Waals surface area contributed by atoms with Crippen LogP contribution in [0, 0.1) is 25.2 Å². The predicted octanol–water partition coefficient (Wildman–Crippen LogP) is 3.59. The van der Waals surface area contributed by atoms with Gasteiger partial charge in [0, 0.05) is 23.5 Å². The van der Waals surface area contributed by atoms with E-state index in [9.17, 15) is 15.2 Å². The van der Waals surface area contributed by atoms with Crippen LogP contribution < -0.4 is 5.32 Å². The summed E-state index contributed by atoms with van der Waals surface area (Å²) in [5.74, 6) is 0. The number of carbonyl (C=O) groups is 1. The number of amides is 2. The van der Waals surface area contributed by atoms with Crippen LogP contribution in [0.1, 0.15) is 17.0 Å². The second-order valence-electron chi connectivity index (χ2n) is 7.58. The van der Waals surface area contributed by atoms with Gasteiger partial charge in [0.2, 0.25) is 0 Å². The molecule has 2 amide bonds. The molecule has 1 aliphatic rings. The number of anilines is 1. The number of hydrogen-bond donors (Lipinski definition) is 2. The molecule has 2 aromatic heterocycles. The number of aliphatic hydroxyl groups excluding tert-OH is 1. The Labute approximate surface area is 190 Å². The molecule has 3 heterocycles. The summed E-state index contributed by atoms with van der Waals surface area (Å²) in [6.45, 7) is 4.88. The predicted molar refractivity (Wildman–Crippen MR) is 122 cm³/mol. The number of ether oxygens (including phenoxy) is 1. The van der Waals surface area contributed by atoms with Crippen molar-refractivity contribution in [3.8, 4) is 27.8 Å². The minimum Gasteiger partial charge on any atom is -0.394 e. The average molecular weight is 450 g/mol. The van der Waals surface area contributed by atoms with E-state index in [0.717, 1.165) is 27.4 Å². The third-order valence-electron chi connectivity index (χ3n) is 5.08. The lowest BCUT2D eigenvalue weighted by atomic mass is 10.0. The number of nitriles is 1. The first-order valence-electron chi connectivity index (χ1n) is 10.2. The number of morpholine rings is 1. The van der Waals surface area contributed by atoms with Crippen molar-refractivity contribution in [2.24, 2.45) is 0 Å². The fourth-order valence-electron chi connectivity index (χ4n) is 3.65. The number of urea groups is 1. The molecule has 3 aromatic rings. The molecule has 1 atom stereocenters. The molecule has 1 aliphatic heterocycles. The zero-order valence-electron chi connectivity index (χ0n) is 17.8. The van der Waals surface area contributed by atoms with E-state index < -0.39 is 0 Å². The standard InChI is InChI=1S/C23H23N5O3S/c1-14-8-18(9-15(2)25-14)21-20(17-5-3-4-16(10-17)11-24)26-22(32-21)27-23(30)28-6-7-31-19(12-28)13-29/h3-5,8-10,19,29H,6-7,12-13H2,1-2H3,(H,26,27,30)/t19-/m1/s1. The van der Waals surface area contributed by atoms with Crippen LogP contribution in [0.25, 0.3) is 21.7 Å². The fraction of sp³-hybridized carbons (Fsp3) is 0.304. The molecule has 1 saturated heterocycles. The summed E-state index contributed by atoms with van der Waals surface area (Å²) in [4.78, 5) is 24.5. The Morgan fingerprint density at radius 3 is 2.78 bits per heavy atom. The van der Waals surface area contributed by atoms with Gasteiger partial charge >= 0.3 is 6.03 Å². The summed E-state index contributed by atoms with van der Waals surface area (Å²) < 4.78 is 5.42. The molecule has 1 aromatic carbocycles. The molecule has 1 fully saturated rings. The van der Waals surface area contributed by atoms with E-state index in [-0.39, 0.29) is 18.7 Å². The van der Waals surface area contributed by atoms with Crippen LogP contribution in [-0.2, 0) is 4.74 Å². The van der Waals surface area contributed by atoms with Crippen LogP contribution in [0.4, 0.5) is 9.93 Å². The molecule has 164 valence electrons. The fourth-order valence-corrected chi connectivity index (χ4v) is 4.62. The van der Waals surface area contributed by atoms with Crippen molar-refractivity contribution < 1.29 is 14.6 Å². The summed E-state index contributed by atoms with van der Waals surface area (Å²) >= 11 is 1.38. The van der Waals surface area contributed by atoms with Crippen molar-refractivity contribution in [2.75, 3.05) is 31.6 Å². The lowest BCUT2D eigenvalue weighted by Crippen LogP contribution is -2.48. The Morgan fingerprint density at radius 2 is 2.06 bits per heavy atom. The number of aryl methyl sites for hydroxylation is 2. The first kappa shape index (κ1) is 21.9. The van der Waals surface area contributed by atoms with E-state index in [1.165, 1.54) is 11.3 Å². The molecule has 0 spiro atoms. The smallest absolute Gasteiger partial charge is 0.323 e. The molecule has 0 bridgehead atoms. The lowest BCUT2D eigenvalue weighted by molar-refractivity contribution is -0.0388. The largest absolute Gasteiger partial charge is 0.394 e. The SMILES string of the molecule is Cc1cc(-c2sc(NC(=O)N3CCO[C@@H](CO)C3)nc2-c2cccc(C#N)c2)cc(C)n1. The first-order valence-corrected chi connectivity index (χ1v) is 11.0. The molecular weight excluding hydrogens is 426 g/mol. The zero-order valence-corrected chi connectivity index (χ0v) is 18.6. The highest BCUT2D eigenvalue weighted by atomic mass is 32.1. The Kier molecular flexibility index (Phi) is 6.46. The monoisotopic (exact) mass is 449 g/mol. The number of aromatic nitrogens is 2. The summed E-state index contributed by atoms with van der Waals surface area (Å²) in [6.07, 6.45) is -0.381. The second kappa shape index (κ2) is 9.44. The summed E-state index contributed by atoms with van der Waals surface area (Å²) in [7, 11) is 0. The molecule has 0 saturated carbocycles. The maximum Gasteiger partial charge on any atom is 0.323 e. The van der Waals surface area contributed by atoms with E-state index >= 15 is 0 Å². The number of aliphatic hydroxyl groups is 1. The number of carbonyl (C=O) groups excluding carboxylic acids is 1. The maximum absolute atomic E-state index is 12.8. The zero-order chi connectivity index (χ0) is 22.7. The van der Waals surface area contributed by atoms with Gasteiger partial charge < -0.3 is 14.7 Å². The van der Waals surface area contributed by atoms with Crippen molar-refractivity contribution in [3.05, 3.63) is 53.3 Å². The van der Waals surface area contributed by atoms with E-state index in [2.05, 4.69) is 16.4 Å². The number of thiazole rings is 1. The molecule has 0 radical (unpaired) electrons.